The van der Waals surface area contributed by atoms with Gasteiger partial charge in [-0.3, -0.25) is 18.7 Å². The number of hydrogen-bond acceptors (Lipinski definition) is 14. The van der Waals surface area contributed by atoms with Gasteiger partial charge in [0.15, 0.2) is 12.2 Å². The first-order chi connectivity index (χ1) is 28.1. The average Bonchev–Trinajstić information content (AvgIpc) is 3.56. The van der Waals surface area contributed by atoms with Crippen molar-refractivity contribution < 1.29 is 61.8 Å². The lowest BCUT2D eigenvalue weighted by Gasteiger charge is -2.21. The van der Waals surface area contributed by atoms with Crippen LogP contribution in [0.1, 0.15) is 116 Å². The van der Waals surface area contributed by atoms with E-state index in [0.29, 0.717) is 22.0 Å². The predicted molar refractivity (Wildman–Crippen MR) is 204 cm³/mol. The number of nitrogens with two attached hydrogens (primary N) is 1. The number of aromatic nitrogens is 4. The van der Waals surface area contributed by atoms with E-state index in [0.717, 1.165) is 37.7 Å². The number of amides is 1. The number of aliphatic hydroxyl groups excluding tert-OH is 4. The minimum atomic E-state index is -3.83. The summed E-state index contributed by atoms with van der Waals surface area (Å²) < 4.78 is 71.8. The van der Waals surface area contributed by atoms with Crippen LogP contribution >= 0.6 is 0 Å². The molecule has 2 fully saturated rings. The fraction of sp³-hybridized carbons (Fsp3) is 0.737. The predicted octanol–water partition coefficient (Wildman–Crippen LogP) is 3.44. The quantitative estimate of drug-likeness (QED) is 0.0503. The van der Waals surface area contributed by atoms with Gasteiger partial charge in [-0.1, -0.05) is 90.4 Å². The number of nitrogens with one attached hydrogen (secondary N) is 1. The smallest absolute Gasteiger partial charge is 0.351 e. The van der Waals surface area contributed by atoms with E-state index >= 15 is 0 Å². The maximum atomic E-state index is 14.4. The number of hydrogen-bond donors (Lipinski definition) is 6. The third-order valence-corrected chi connectivity index (χ3v) is 10.2. The van der Waals surface area contributed by atoms with Crippen molar-refractivity contribution in [3.63, 3.8) is 0 Å². The maximum absolute atomic E-state index is 14.4. The van der Waals surface area contributed by atoms with E-state index in [2.05, 4.69) is 22.2 Å². The molecular weight excluding hydrogens is 792 g/mol. The number of carbonyl (C=O) groups is 2. The van der Waals surface area contributed by atoms with Crippen LogP contribution in [0.4, 0.5) is 29.2 Å². The van der Waals surface area contributed by atoms with Crippen molar-refractivity contribution in [1.29, 1.82) is 0 Å². The minimum absolute atomic E-state index is 0.0328. The van der Waals surface area contributed by atoms with Gasteiger partial charge < -0.3 is 45.7 Å². The van der Waals surface area contributed by atoms with Gasteiger partial charge in [-0.15, -0.1) is 0 Å². The van der Waals surface area contributed by atoms with Crippen LogP contribution in [0.25, 0.3) is 0 Å². The van der Waals surface area contributed by atoms with E-state index in [1.165, 1.54) is 70.3 Å². The molecule has 21 heteroatoms. The van der Waals surface area contributed by atoms with Crippen LogP contribution in [-0.4, -0.2) is 108 Å². The monoisotopic (exact) mass is 850 g/mol. The Labute approximate surface area is 338 Å². The van der Waals surface area contributed by atoms with Crippen molar-refractivity contribution >= 4 is 24.0 Å². The zero-order chi connectivity index (χ0) is 43.6. The van der Waals surface area contributed by atoms with Crippen molar-refractivity contribution in [3.05, 3.63) is 45.5 Å². The summed E-state index contributed by atoms with van der Waals surface area (Å²) in [5, 5.41) is 39.4. The summed E-state index contributed by atoms with van der Waals surface area (Å²) in [6.07, 6.45) is 6.99. The average molecular weight is 851 g/mol. The fourth-order valence-corrected chi connectivity index (χ4v) is 6.83. The van der Waals surface area contributed by atoms with Crippen molar-refractivity contribution in [2.24, 2.45) is 5.92 Å². The van der Waals surface area contributed by atoms with Crippen LogP contribution in [-0.2, 0) is 23.8 Å². The first-order valence-electron chi connectivity index (χ1n) is 20.1. The van der Waals surface area contributed by atoms with E-state index < -0.39 is 79.2 Å². The first-order valence-corrected chi connectivity index (χ1v) is 20.1. The second-order valence-electron chi connectivity index (χ2n) is 14.8. The molecule has 2 aromatic heterocycles. The van der Waals surface area contributed by atoms with Crippen LogP contribution in [0, 0.1) is 5.92 Å². The van der Waals surface area contributed by atoms with E-state index in [9.17, 15) is 47.0 Å². The summed E-state index contributed by atoms with van der Waals surface area (Å²) in [5.41, 5.74) is 3.09. The highest BCUT2D eigenvalue weighted by Gasteiger charge is 2.60. The number of halogens is 4. The van der Waals surface area contributed by atoms with Gasteiger partial charge in [0.05, 0.1) is 19.8 Å². The highest BCUT2D eigenvalue weighted by atomic mass is 19.3. The number of rotatable bonds is 24. The zero-order valence-electron chi connectivity index (χ0n) is 33.2. The third-order valence-electron chi connectivity index (χ3n) is 10.2. The molecule has 4 rings (SSSR count). The molecule has 1 amide bonds. The van der Waals surface area contributed by atoms with Gasteiger partial charge >= 0.3 is 23.2 Å². The summed E-state index contributed by atoms with van der Waals surface area (Å²) in [5.74, 6) is -8.46. The summed E-state index contributed by atoms with van der Waals surface area (Å²) in [4.78, 5) is 54.0. The summed E-state index contributed by atoms with van der Waals surface area (Å²) in [7, 11) is 0. The van der Waals surface area contributed by atoms with Gasteiger partial charge in [-0.05, 0) is 18.6 Å². The fourth-order valence-electron chi connectivity index (χ4n) is 6.83. The lowest BCUT2D eigenvalue weighted by molar-refractivity contribution is -0.141. The number of carbonyl (C=O) groups excluding carboxylic acids is 2. The number of nitrogen functional groups attached to an aromatic ring is 1. The highest BCUT2D eigenvalue weighted by Crippen LogP contribution is 2.43. The van der Waals surface area contributed by atoms with E-state index in [-0.39, 0.29) is 30.6 Å². The van der Waals surface area contributed by atoms with Crippen molar-refractivity contribution in [2.45, 2.75) is 152 Å². The molecule has 4 heterocycles. The molecule has 7 unspecified atom stereocenters. The molecule has 0 saturated carbocycles. The second-order valence-corrected chi connectivity index (χ2v) is 14.8. The van der Waals surface area contributed by atoms with Crippen molar-refractivity contribution in [2.75, 3.05) is 30.9 Å². The molecule has 17 nitrogen and oxygen atoms in total. The first kappa shape index (κ1) is 49.3. The van der Waals surface area contributed by atoms with Crippen molar-refractivity contribution in [1.82, 2.24) is 19.1 Å². The van der Waals surface area contributed by atoms with Crippen LogP contribution in [0.3, 0.4) is 0 Å². The molecule has 2 aromatic rings. The Balaban J connectivity index is 0.000000427. The number of unbranched alkanes of at least 4 members (excludes halogenated alkanes) is 12. The topological polar surface area (TPSA) is 251 Å². The van der Waals surface area contributed by atoms with Gasteiger partial charge in [0, 0.05) is 24.7 Å². The Bertz CT molecular complexity index is 1700. The van der Waals surface area contributed by atoms with Crippen LogP contribution in [0.15, 0.2) is 34.1 Å². The summed E-state index contributed by atoms with van der Waals surface area (Å²) in [6, 6.07) is 2.32. The molecule has 2 saturated heterocycles. The Morgan fingerprint density at radius 2 is 1.29 bits per heavy atom. The number of nitrogens with zero attached hydrogens (tertiary/aromatic N) is 4. The standard InChI is InChI=1S/C29H47F2N3O7.C9H11F2N3O4/c1-2-3-4-5-6-7-8-9-10-11-12-13-14-15-22(20-40-21-36)18-25(37)32-24-16-17-34(28(39)33-24)27-29(30,31)26(38)23(19-35)41-27;10-9(11)6(16)4(3-15)18-7(9)14-2-1-5(12)13-8(14)17/h16-17,21-23,26-27,35,38H,2-15,18-20H2,1H3,(H,32,33,37,39);1-2,4,6-7,15-16H,3H2,(H2,12,13,17). The van der Waals surface area contributed by atoms with E-state index in [1.807, 2.05) is 0 Å². The molecule has 7 atom stereocenters. The molecule has 7 N–H and O–H groups in total. The molecule has 0 bridgehead atoms. The van der Waals surface area contributed by atoms with Gasteiger partial charge in [-0.25, -0.2) is 9.59 Å². The SMILES string of the molecule is CCCCCCCCCCCCCCCC(COC=O)CC(=O)Nc1ccn(C2OC(CO)C(O)C2(F)F)c(=O)n1.Nc1ccn(C2OC(CO)C(O)C2(F)F)c(=O)n1. The van der Waals surface area contributed by atoms with Crippen LogP contribution in [0.2, 0.25) is 0 Å². The lowest BCUT2D eigenvalue weighted by Crippen LogP contribution is -2.41. The number of aliphatic hydroxyl groups is 4. The van der Waals surface area contributed by atoms with Gasteiger partial charge in [0.1, 0.15) is 23.8 Å². The molecule has 59 heavy (non-hydrogen) atoms. The number of alkyl halides is 4. The maximum Gasteiger partial charge on any atom is 0.351 e. The zero-order valence-corrected chi connectivity index (χ0v) is 33.2. The highest BCUT2D eigenvalue weighted by molar-refractivity contribution is 5.89. The molecule has 0 spiro atoms. The third kappa shape index (κ3) is 14.3. The van der Waals surface area contributed by atoms with E-state index in [4.69, 9.17) is 30.2 Å². The summed E-state index contributed by atoms with van der Waals surface area (Å²) >= 11 is 0. The Morgan fingerprint density at radius 3 is 1.71 bits per heavy atom. The second kappa shape index (κ2) is 24.3. The Kier molecular flexibility index (Phi) is 20.3. The molecule has 2 aliphatic heterocycles. The van der Waals surface area contributed by atoms with Gasteiger partial charge in [0.2, 0.25) is 18.4 Å². The molecule has 334 valence electrons. The lowest BCUT2D eigenvalue weighted by atomic mass is 9.97. The normalized spacial score (nSPS) is 23.6. The summed E-state index contributed by atoms with van der Waals surface area (Å²) in [6.45, 7) is 1.02. The van der Waals surface area contributed by atoms with Gasteiger partial charge in [-0.2, -0.15) is 27.5 Å². The van der Waals surface area contributed by atoms with Crippen LogP contribution < -0.4 is 22.4 Å². The minimum Gasteiger partial charge on any atom is -0.468 e. The number of anilines is 2. The molecule has 0 aromatic carbocycles. The van der Waals surface area contributed by atoms with E-state index in [1.54, 1.807) is 0 Å². The molecular formula is C38H58F4N6O11. The van der Waals surface area contributed by atoms with Gasteiger partial charge in [0.25, 0.3) is 6.47 Å². The molecule has 0 radical (unpaired) electrons. The number of ether oxygens (including phenoxy) is 3. The largest absolute Gasteiger partial charge is 0.468 e. The Hall–Kier alpha value is -4.02. The Morgan fingerprint density at radius 1 is 0.831 bits per heavy atom. The van der Waals surface area contributed by atoms with Crippen LogP contribution in [0.5, 0.6) is 0 Å². The molecule has 0 aliphatic carbocycles. The van der Waals surface area contributed by atoms with Crippen molar-refractivity contribution in [3.8, 4) is 0 Å². The molecule has 2 aliphatic rings.